The van der Waals surface area contributed by atoms with E-state index in [1.807, 2.05) is 0 Å². The molecular formula is C10H9ClN4O3S. The molecule has 1 N–H and O–H groups in total. The summed E-state index contributed by atoms with van der Waals surface area (Å²) in [6, 6.07) is 3.37. The second-order valence-corrected chi connectivity index (χ2v) is 5.01. The van der Waals surface area contributed by atoms with Gasteiger partial charge in [-0.15, -0.1) is 0 Å². The highest BCUT2D eigenvalue weighted by Crippen LogP contribution is 2.27. The fourth-order valence-electron chi connectivity index (χ4n) is 1.45. The molecule has 0 spiro atoms. The van der Waals surface area contributed by atoms with Gasteiger partial charge in [-0.2, -0.15) is 0 Å². The number of hydrogen-bond donors (Lipinski definition) is 1. The molecule has 0 fully saturated rings. The first kappa shape index (κ1) is 13.5. The van der Waals surface area contributed by atoms with Gasteiger partial charge >= 0.3 is 9.87 Å². The van der Waals surface area contributed by atoms with E-state index in [9.17, 15) is 14.9 Å². The van der Waals surface area contributed by atoms with Crippen LogP contribution in [0.25, 0.3) is 0 Å². The highest BCUT2D eigenvalue weighted by Gasteiger charge is 2.21. The van der Waals surface area contributed by atoms with Crippen LogP contribution in [-0.4, -0.2) is 14.5 Å². The molecule has 100 valence electrons. The minimum atomic E-state index is -0.575. The van der Waals surface area contributed by atoms with Gasteiger partial charge < -0.3 is 5.32 Å². The maximum absolute atomic E-state index is 11.4. The lowest BCUT2D eigenvalue weighted by Gasteiger charge is -2.05. The SMILES string of the molecule is Cn1c(NCc2ccc(Cl)nc2)c([N+](=O)[O-])sc1=O. The zero-order valence-electron chi connectivity index (χ0n) is 9.79. The van der Waals surface area contributed by atoms with Gasteiger partial charge in [-0.25, -0.2) is 4.98 Å². The van der Waals surface area contributed by atoms with Crippen LogP contribution < -0.4 is 10.2 Å². The molecule has 0 aliphatic carbocycles. The molecule has 2 heterocycles. The van der Waals surface area contributed by atoms with Crippen molar-refractivity contribution in [1.82, 2.24) is 9.55 Å². The third-order valence-electron chi connectivity index (χ3n) is 2.41. The van der Waals surface area contributed by atoms with Crippen molar-refractivity contribution in [3.8, 4) is 0 Å². The molecule has 0 aliphatic heterocycles. The number of hydrogen-bond acceptors (Lipinski definition) is 6. The van der Waals surface area contributed by atoms with E-state index in [-0.39, 0.29) is 15.7 Å². The van der Waals surface area contributed by atoms with E-state index >= 15 is 0 Å². The number of anilines is 1. The monoisotopic (exact) mass is 300 g/mol. The summed E-state index contributed by atoms with van der Waals surface area (Å²) in [7, 11) is 1.48. The van der Waals surface area contributed by atoms with Crippen LogP contribution in [0.3, 0.4) is 0 Å². The molecule has 0 radical (unpaired) electrons. The standard InChI is InChI=1S/C10H9ClN4O3S/c1-14-8(9(15(17)18)19-10(14)16)13-5-6-2-3-7(11)12-4-6/h2-4,13H,5H2,1H3. The Labute approximate surface area is 116 Å². The Bertz CT molecular complexity index is 664. The van der Waals surface area contributed by atoms with Gasteiger partial charge in [-0.05, 0) is 11.6 Å². The summed E-state index contributed by atoms with van der Waals surface area (Å²) in [6.45, 7) is 0.315. The third kappa shape index (κ3) is 2.91. The summed E-state index contributed by atoms with van der Waals surface area (Å²) in [5.74, 6) is 0.190. The quantitative estimate of drug-likeness (QED) is 0.530. The lowest BCUT2D eigenvalue weighted by atomic mass is 10.3. The lowest BCUT2D eigenvalue weighted by Crippen LogP contribution is -2.12. The minimum absolute atomic E-state index is 0.190. The summed E-state index contributed by atoms with van der Waals surface area (Å²) >= 11 is 6.26. The van der Waals surface area contributed by atoms with E-state index in [2.05, 4.69) is 10.3 Å². The molecule has 0 saturated heterocycles. The molecule has 7 nitrogen and oxygen atoms in total. The molecule has 0 saturated carbocycles. The molecule has 0 amide bonds. The van der Waals surface area contributed by atoms with Crippen LogP contribution in [0.5, 0.6) is 0 Å². The smallest absolute Gasteiger partial charge is 0.361 e. The predicted octanol–water partition coefficient (Wildman–Crippen LogP) is 2.02. The number of halogens is 1. The van der Waals surface area contributed by atoms with Crippen LogP contribution in [0.4, 0.5) is 10.8 Å². The molecule has 2 rings (SSSR count). The Morgan fingerprint density at radius 2 is 2.32 bits per heavy atom. The van der Waals surface area contributed by atoms with E-state index in [4.69, 9.17) is 11.6 Å². The molecule has 0 unspecified atom stereocenters. The second-order valence-electron chi connectivity index (χ2n) is 3.68. The zero-order valence-corrected chi connectivity index (χ0v) is 11.4. The fraction of sp³-hybridized carbons (Fsp3) is 0.200. The number of rotatable bonds is 4. The first-order valence-electron chi connectivity index (χ1n) is 5.17. The van der Waals surface area contributed by atoms with Crippen LogP contribution in [0.1, 0.15) is 5.56 Å². The number of nitrogens with one attached hydrogen (secondary N) is 1. The fourth-order valence-corrected chi connectivity index (χ4v) is 2.33. The minimum Gasteiger partial charge on any atom is -0.361 e. The van der Waals surface area contributed by atoms with Crippen molar-refractivity contribution in [2.75, 3.05) is 5.32 Å². The van der Waals surface area contributed by atoms with E-state index in [1.54, 1.807) is 18.3 Å². The Morgan fingerprint density at radius 3 is 2.89 bits per heavy atom. The highest BCUT2D eigenvalue weighted by atomic mass is 35.5. The molecule has 9 heteroatoms. The molecule has 19 heavy (non-hydrogen) atoms. The van der Waals surface area contributed by atoms with Gasteiger partial charge in [0, 0.05) is 31.1 Å². The normalized spacial score (nSPS) is 10.4. The summed E-state index contributed by atoms with van der Waals surface area (Å²) in [5, 5.41) is 13.9. The van der Waals surface area contributed by atoms with E-state index < -0.39 is 4.92 Å². The largest absolute Gasteiger partial charge is 0.369 e. The van der Waals surface area contributed by atoms with E-state index in [0.29, 0.717) is 23.0 Å². The number of aromatic nitrogens is 2. The van der Waals surface area contributed by atoms with Crippen molar-refractivity contribution in [2.45, 2.75) is 6.54 Å². The maximum Gasteiger partial charge on any atom is 0.369 e. The molecule has 2 aromatic rings. The number of nitrogens with zero attached hydrogens (tertiary/aromatic N) is 3. The lowest BCUT2D eigenvalue weighted by molar-refractivity contribution is -0.379. The van der Waals surface area contributed by atoms with Crippen LogP contribution in [0, 0.1) is 10.1 Å². The highest BCUT2D eigenvalue weighted by molar-refractivity contribution is 7.13. The molecule has 0 atom stereocenters. The predicted molar refractivity (Wildman–Crippen MR) is 72.8 cm³/mol. The first-order chi connectivity index (χ1) is 8.99. The topological polar surface area (TPSA) is 90.1 Å². The van der Waals surface area contributed by atoms with E-state index in [0.717, 1.165) is 5.56 Å². The summed E-state index contributed by atoms with van der Waals surface area (Å²) < 4.78 is 1.21. The summed E-state index contributed by atoms with van der Waals surface area (Å²) in [4.78, 5) is 25.2. The van der Waals surface area contributed by atoms with Crippen molar-refractivity contribution in [3.05, 3.63) is 48.8 Å². The Balaban J connectivity index is 2.22. The van der Waals surface area contributed by atoms with Gasteiger partial charge in [0.15, 0.2) is 0 Å². The molecule has 0 bridgehead atoms. The molecular weight excluding hydrogens is 292 g/mol. The van der Waals surface area contributed by atoms with Gasteiger partial charge in [0.1, 0.15) is 5.15 Å². The average Bonchev–Trinajstić information content (AvgIpc) is 2.66. The Morgan fingerprint density at radius 1 is 1.58 bits per heavy atom. The van der Waals surface area contributed by atoms with Crippen LogP contribution in [-0.2, 0) is 13.6 Å². The van der Waals surface area contributed by atoms with Gasteiger partial charge in [-0.1, -0.05) is 17.7 Å². The van der Waals surface area contributed by atoms with Crippen molar-refractivity contribution in [1.29, 1.82) is 0 Å². The Kier molecular flexibility index (Phi) is 3.82. The molecule has 0 aliphatic rings. The number of nitro groups is 1. The third-order valence-corrected chi connectivity index (χ3v) is 3.62. The number of thiazole rings is 1. The first-order valence-corrected chi connectivity index (χ1v) is 6.37. The van der Waals surface area contributed by atoms with Crippen molar-refractivity contribution in [3.63, 3.8) is 0 Å². The van der Waals surface area contributed by atoms with Crippen molar-refractivity contribution in [2.24, 2.45) is 7.05 Å². The summed E-state index contributed by atoms with van der Waals surface area (Å²) in [5.41, 5.74) is 0.803. The molecule has 2 aromatic heterocycles. The van der Waals surface area contributed by atoms with Crippen LogP contribution in [0.2, 0.25) is 5.15 Å². The van der Waals surface area contributed by atoms with Gasteiger partial charge in [-0.3, -0.25) is 19.5 Å². The maximum atomic E-state index is 11.4. The van der Waals surface area contributed by atoms with E-state index in [1.165, 1.54) is 11.6 Å². The van der Waals surface area contributed by atoms with Gasteiger partial charge in [0.05, 0.1) is 4.92 Å². The van der Waals surface area contributed by atoms with Crippen molar-refractivity contribution >= 4 is 33.8 Å². The summed E-state index contributed by atoms with van der Waals surface area (Å²) in [6.07, 6.45) is 1.56. The Hall–Kier alpha value is -1.93. The zero-order chi connectivity index (χ0) is 14.0. The number of pyridine rings is 1. The molecule has 0 aromatic carbocycles. The van der Waals surface area contributed by atoms with Gasteiger partial charge in [0.25, 0.3) is 0 Å². The van der Waals surface area contributed by atoms with Crippen molar-refractivity contribution < 1.29 is 4.92 Å². The van der Waals surface area contributed by atoms with Crippen LogP contribution >= 0.6 is 22.9 Å². The second kappa shape index (κ2) is 5.37. The van der Waals surface area contributed by atoms with Gasteiger partial charge in [0.2, 0.25) is 5.82 Å². The van der Waals surface area contributed by atoms with Crippen LogP contribution in [0.15, 0.2) is 23.1 Å². The average molecular weight is 301 g/mol.